The Labute approximate surface area is 102 Å². The van der Waals surface area contributed by atoms with E-state index in [1.165, 1.54) is 24.2 Å². The SMILES string of the molecule is CCCC1CC1NC(=O)c1sccc1Br. The molecule has 0 aliphatic heterocycles. The molecule has 82 valence electrons. The van der Waals surface area contributed by atoms with E-state index in [1.807, 2.05) is 11.4 Å². The molecule has 1 N–H and O–H groups in total. The second-order valence-corrected chi connectivity index (χ2v) is 5.73. The minimum absolute atomic E-state index is 0.0699. The number of carbonyl (C=O) groups is 1. The van der Waals surface area contributed by atoms with Crippen molar-refractivity contribution in [3.05, 3.63) is 20.8 Å². The molecule has 1 saturated carbocycles. The first-order valence-corrected chi connectivity index (χ1v) is 6.93. The van der Waals surface area contributed by atoms with Crippen LogP contribution in [-0.4, -0.2) is 11.9 Å². The Balaban J connectivity index is 1.87. The largest absolute Gasteiger partial charge is 0.348 e. The molecule has 2 atom stereocenters. The maximum Gasteiger partial charge on any atom is 0.262 e. The van der Waals surface area contributed by atoms with E-state index in [9.17, 15) is 4.79 Å². The van der Waals surface area contributed by atoms with Crippen molar-refractivity contribution in [1.82, 2.24) is 5.32 Å². The second-order valence-electron chi connectivity index (χ2n) is 3.96. The summed E-state index contributed by atoms with van der Waals surface area (Å²) in [5, 5.41) is 5.00. The molecule has 1 amide bonds. The van der Waals surface area contributed by atoms with Gasteiger partial charge >= 0.3 is 0 Å². The molecule has 1 fully saturated rings. The van der Waals surface area contributed by atoms with Gasteiger partial charge in [-0.1, -0.05) is 13.3 Å². The summed E-state index contributed by atoms with van der Waals surface area (Å²) in [6.07, 6.45) is 3.60. The molecule has 1 heterocycles. The zero-order valence-electron chi connectivity index (χ0n) is 8.63. The summed E-state index contributed by atoms with van der Waals surface area (Å²) in [6.45, 7) is 2.19. The average molecular weight is 288 g/mol. The van der Waals surface area contributed by atoms with Crippen LogP contribution in [0.5, 0.6) is 0 Å². The first kappa shape index (κ1) is 11.1. The highest BCUT2D eigenvalue weighted by atomic mass is 79.9. The zero-order valence-corrected chi connectivity index (χ0v) is 11.0. The molecule has 2 unspecified atom stereocenters. The van der Waals surface area contributed by atoms with Gasteiger partial charge in [0.05, 0.1) is 0 Å². The summed E-state index contributed by atoms with van der Waals surface area (Å²) in [4.78, 5) is 12.6. The Bertz CT molecular complexity index is 363. The molecule has 0 bridgehead atoms. The molecule has 1 aromatic heterocycles. The molecule has 0 aromatic carbocycles. The maximum absolute atomic E-state index is 11.8. The molecule has 2 nitrogen and oxygen atoms in total. The third-order valence-corrected chi connectivity index (χ3v) is 4.56. The molecule has 4 heteroatoms. The lowest BCUT2D eigenvalue weighted by Crippen LogP contribution is -2.26. The minimum Gasteiger partial charge on any atom is -0.348 e. The van der Waals surface area contributed by atoms with Gasteiger partial charge in [0, 0.05) is 10.5 Å². The average Bonchev–Trinajstić information content (AvgIpc) is 2.76. The molecule has 0 radical (unpaired) electrons. The van der Waals surface area contributed by atoms with E-state index >= 15 is 0 Å². The Morgan fingerprint density at radius 2 is 2.53 bits per heavy atom. The summed E-state index contributed by atoms with van der Waals surface area (Å²) in [5.74, 6) is 0.790. The van der Waals surface area contributed by atoms with Gasteiger partial charge in [-0.2, -0.15) is 0 Å². The second kappa shape index (κ2) is 4.66. The zero-order chi connectivity index (χ0) is 10.8. The van der Waals surface area contributed by atoms with Crippen LogP contribution in [-0.2, 0) is 0 Å². The van der Waals surface area contributed by atoms with E-state index in [4.69, 9.17) is 0 Å². The van der Waals surface area contributed by atoms with Gasteiger partial charge in [-0.25, -0.2) is 0 Å². The summed E-state index contributed by atoms with van der Waals surface area (Å²) in [5.41, 5.74) is 0. The minimum atomic E-state index is 0.0699. The fraction of sp³-hybridized carbons (Fsp3) is 0.545. The highest BCUT2D eigenvalue weighted by Gasteiger charge is 2.37. The molecule has 1 aliphatic rings. The Morgan fingerprint density at radius 3 is 3.13 bits per heavy atom. The standard InChI is InChI=1S/C11H14BrNOS/c1-2-3-7-6-9(7)13-11(14)10-8(12)4-5-15-10/h4-5,7,9H,2-3,6H2,1H3,(H,13,14). The first-order chi connectivity index (χ1) is 7.22. The molecule has 0 spiro atoms. The molecule has 1 aromatic rings. The van der Waals surface area contributed by atoms with Gasteiger partial charge in [-0.15, -0.1) is 11.3 Å². The van der Waals surface area contributed by atoms with Gasteiger partial charge in [-0.05, 0) is 46.1 Å². The van der Waals surface area contributed by atoms with Crippen molar-refractivity contribution in [2.24, 2.45) is 5.92 Å². The van der Waals surface area contributed by atoms with Crippen LogP contribution in [0.25, 0.3) is 0 Å². The van der Waals surface area contributed by atoms with Gasteiger partial charge in [0.15, 0.2) is 0 Å². The number of thiophene rings is 1. The van der Waals surface area contributed by atoms with Gasteiger partial charge < -0.3 is 5.32 Å². The third kappa shape index (κ3) is 2.61. The number of nitrogens with one attached hydrogen (secondary N) is 1. The fourth-order valence-electron chi connectivity index (χ4n) is 1.80. The number of amides is 1. The molecule has 2 rings (SSSR count). The van der Waals surface area contributed by atoms with Gasteiger partial charge in [-0.3, -0.25) is 4.79 Å². The lowest BCUT2D eigenvalue weighted by molar-refractivity contribution is 0.0952. The topological polar surface area (TPSA) is 29.1 Å². The highest BCUT2D eigenvalue weighted by molar-refractivity contribution is 9.10. The molecule has 15 heavy (non-hydrogen) atoms. The molecular formula is C11H14BrNOS. The maximum atomic E-state index is 11.8. The Kier molecular flexibility index (Phi) is 3.46. The smallest absolute Gasteiger partial charge is 0.262 e. The van der Waals surface area contributed by atoms with Crippen LogP contribution in [0.4, 0.5) is 0 Å². The van der Waals surface area contributed by atoms with Crippen molar-refractivity contribution < 1.29 is 4.79 Å². The van der Waals surface area contributed by atoms with Crippen molar-refractivity contribution in [3.8, 4) is 0 Å². The van der Waals surface area contributed by atoms with Crippen molar-refractivity contribution in [1.29, 1.82) is 0 Å². The van der Waals surface area contributed by atoms with E-state index < -0.39 is 0 Å². The van der Waals surface area contributed by atoms with Crippen LogP contribution in [0.2, 0.25) is 0 Å². The number of carbonyl (C=O) groups excluding carboxylic acids is 1. The van der Waals surface area contributed by atoms with Crippen LogP contribution in [0.1, 0.15) is 35.9 Å². The monoisotopic (exact) mass is 287 g/mol. The van der Waals surface area contributed by atoms with Gasteiger partial charge in [0.25, 0.3) is 5.91 Å². The molecule has 1 aliphatic carbocycles. The van der Waals surface area contributed by atoms with Crippen molar-refractivity contribution in [3.63, 3.8) is 0 Å². The van der Waals surface area contributed by atoms with Crippen molar-refractivity contribution in [2.45, 2.75) is 32.2 Å². The summed E-state index contributed by atoms with van der Waals surface area (Å²) < 4.78 is 0.901. The van der Waals surface area contributed by atoms with Crippen LogP contribution in [0.3, 0.4) is 0 Å². The van der Waals surface area contributed by atoms with Crippen LogP contribution >= 0.6 is 27.3 Å². The van der Waals surface area contributed by atoms with Crippen LogP contribution in [0.15, 0.2) is 15.9 Å². The number of hydrogen-bond donors (Lipinski definition) is 1. The molecular weight excluding hydrogens is 274 g/mol. The first-order valence-electron chi connectivity index (χ1n) is 5.26. The van der Waals surface area contributed by atoms with E-state index in [0.29, 0.717) is 6.04 Å². The Morgan fingerprint density at radius 1 is 1.73 bits per heavy atom. The van der Waals surface area contributed by atoms with Crippen molar-refractivity contribution >= 4 is 33.2 Å². The predicted molar refractivity (Wildman–Crippen MR) is 66.3 cm³/mol. The molecule has 0 saturated heterocycles. The summed E-state index contributed by atoms with van der Waals surface area (Å²) in [6, 6.07) is 2.34. The Hall–Kier alpha value is -0.350. The number of hydrogen-bond acceptors (Lipinski definition) is 2. The normalized spacial score (nSPS) is 23.9. The van der Waals surface area contributed by atoms with E-state index in [1.54, 1.807) is 0 Å². The van der Waals surface area contributed by atoms with Crippen LogP contribution < -0.4 is 5.32 Å². The van der Waals surface area contributed by atoms with E-state index in [-0.39, 0.29) is 5.91 Å². The predicted octanol–water partition coefficient (Wildman–Crippen LogP) is 3.43. The van der Waals surface area contributed by atoms with Gasteiger partial charge in [0.2, 0.25) is 0 Å². The lowest BCUT2D eigenvalue weighted by atomic mass is 10.2. The summed E-state index contributed by atoms with van der Waals surface area (Å²) in [7, 11) is 0. The number of rotatable bonds is 4. The van der Waals surface area contributed by atoms with E-state index in [2.05, 4.69) is 28.2 Å². The number of halogens is 1. The highest BCUT2D eigenvalue weighted by Crippen LogP contribution is 2.35. The van der Waals surface area contributed by atoms with Crippen LogP contribution in [0, 0.1) is 5.92 Å². The summed E-state index contributed by atoms with van der Waals surface area (Å²) >= 11 is 4.86. The van der Waals surface area contributed by atoms with Crippen molar-refractivity contribution in [2.75, 3.05) is 0 Å². The third-order valence-electron chi connectivity index (χ3n) is 2.72. The fourth-order valence-corrected chi connectivity index (χ4v) is 3.26. The van der Waals surface area contributed by atoms with Gasteiger partial charge in [0.1, 0.15) is 4.88 Å². The lowest BCUT2D eigenvalue weighted by Gasteiger charge is -2.02. The van der Waals surface area contributed by atoms with E-state index in [0.717, 1.165) is 21.7 Å². The quantitative estimate of drug-likeness (QED) is 0.903.